The topological polar surface area (TPSA) is 141 Å². The summed E-state index contributed by atoms with van der Waals surface area (Å²) in [6, 6.07) is 5.17. The van der Waals surface area contributed by atoms with Crippen LogP contribution in [0.4, 0.5) is 22.1 Å². The van der Waals surface area contributed by atoms with Gasteiger partial charge in [-0.1, -0.05) is 0 Å². The van der Waals surface area contributed by atoms with Crippen LogP contribution in [0.1, 0.15) is 46.4 Å². The lowest BCUT2D eigenvalue weighted by Gasteiger charge is -2.29. The Bertz CT molecular complexity index is 1250. The second-order valence-corrected chi connectivity index (χ2v) is 10.1. The van der Waals surface area contributed by atoms with Gasteiger partial charge in [-0.3, -0.25) is 19.8 Å². The number of pyridine rings is 2. The Morgan fingerprint density at radius 2 is 2.18 bits per heavy atom. The minimum absolute atomic E-state index is 0. The first-order valence-electron chi connectivity index (χ1n) is 12.5. The number of anilines is 3. The van der Waals surface area contributed by atoms with Crippen molar-refractivity contribution in [3.05, 3.63) is 40.7 Å². The van der Waals surface area contributed by atoms with Gasteiger partial charge in [-0.15, -0.1) is 12.4 Å². The smallest absolute Gasteiger partial charge is 0.328 e. The molecular weight excluding hydrogens is 542 g/mol. The molecule has 1 saturated heterocycles. The molecule has 0 saturated carbocycles. The maximum Gasteiger partial charge on any atom is 0.328 e. The summed E-state index contributed by atoms with van der Waals surface area (Å²) < 4.78 is 5.50. The third kappa shape index (κ3) is 7.17. The van der Waals surface area contributed by atoms with E-state index in [1.807, 2.05) is 12.3 Å². The van der Waals surface area contributed by atoms with Gasteiger partial charge in [0.15, 0.2) is 6.29 Å². The summed E-state index contributed by atoms with van der Waals surface area (Å²) in [4.78, 5) is 49.7. The van der Waals surface area contributed by atoms with Crippen molar-refractivity contribution in [3.63, 3.8) is 0 Å². The summed E-state index contributed by atoms with van der Waals surface area (Å²) in [6.45, 7) is 1.90. The number of ether oxygens (including phenoxy) is 1. The van der Waals surface area contributed by atoms with E-state index in [1.165, 1.54) is 11.1 Å². The summed E-state index contributed by atoms with van der Waals surface area (Å²) >= 11 is 1.68. The lowest BCUT2D eigenvalue weighted by molar-refractivity contribution is -0.140. The molecule has 4 heterocycles. The second-order valence-electron chi connectivity index (χ2n) is 9.16. The molecule has 1 atom stereocenters. The SMILES string of the molecule is CSCCNc1cc(NC(=O)N2CCCc3cc(CN(C)C(=O)C4CCCO4)c(C=O)nc32)ncc1C#N.Cl. The molecule has 0 aliphatic carbocycles. The van der Waals surface area contributed by atoms with Crippen molar-refractivity contribution in [1.82, 2.24) is 14.9 Å². The van der Waals surface area contributed by atoms with Crippen molar-refractivity contribution < 1.29 is 19.1 Å². The Hall–Kier alpha value is -3.40. The van der Waals surface area contributed by atoms with E-state index in [9.17, 15) is 19.6 Å². The lowest BCUT2D eigenvalue weighted by atomic mass is 10.0. The fraction of sp³-hybridized carbons (Fsp3) is 0.462. The highest BCUT2D eigenvalue weighted by atomic mass is 35.5. The van der Waals surface area contributed by atoms with Gasteiger partial charge in [0.05, 0.1) is 11.3 Å². The zero-order valence-electron chi connectivity index (χ0n) is 21.9. The molecule has 0 radical (unpaired) electrons. The number of hydrogen-bond acceptors (Lipinski definition) is 9. The Labute approximate surface area is 238 Å². The highest BCUT2D eigenvalue weighted by Crippen LogP contribution is 2.29. The van der Waals surface area contributed by atoms with E-state index < -0.39 is 12.1 Å². The van der Waals surface area contributed by atoms with Gasteiger partial charge in [-0.05, 0) is 43.6 Å². The van der Waals surface area contributed by atoms with Crippen LogP contribution in [-0.2, 0) is 22.5 Å². The van der Waals surface area contributed by atoms with Gasteiger partial charge in [0.2, 0.25) is 0 Å². The van der Waals surface area contributed by atoms with Gasteiger partial charge in [-0.2, -0.15) is 17.0 Å². The van der Waals surface area contributed by atoms with Gasteiger partial charge < -0.3 is 15.0 Å². The van der Waals surface area contributed by atoms with E-state index >= 15 is 0 Å². The zero-order chi connectivity index (χ0) is 27.1. The number of aryl methyl sites for hydroxylation is 1. The molecule has 1 fully saturated rings. The van der Waals surface area contributed by atoms with Crippen LogP contribution in [0.2, 0.25) is 0 Å². The van der Waals surface area contributed by atoms with Gasteiger partial charge >= 0.3 is 6.03 Å². The number of aromatic nitrogens is 2. The number of carbonyl (C=O) groups is 3. The van der Waals surface area contributed by atoms with E-state index in [0.29, 0.717) is 67.3 Å². The zero-order valence-corrected chi connectivity index (χ0v) is 23.6. The van der Waals surface area contributed by atoms with Gasteiger partial charge in [0.25, 0.3) is 5.91 Å². The number of amides is 3. The van der Waals surface area contributed by atoms with E-state index in [4.69, 9.17) is 4.74 Å². The highest BCUT2D eigenvalue weighted by Gasteiger charge is 2.29. The maximum absolute atomic E-state index is 13.2. The molecule has 2 N–H and O–H groups in total. The molecule has 11 nitrogen and oxygen atoms in total. The van der Waals surface area contributed by atoms with E-state index in [0.717, 1.165) is 24.2 Å². The standard InChI is InChI=1S/C26H31N7O4S.ClH/c1-32(25(35)22-6-4-9-37-22)15-18-11-17-5-3-8-33(24(17)30-21(18)16-34)26(36)31-23-12-20(28-7-10-38-2)19(13-27)14-29-23;/h11-12,14,16,22H,3-10,15H2,1-2H3,(H2,28,29,31,36);1H. The number of nitrogens with one attached hydrogen (secondary N) is 2. The van der Waals surface area contributed by atoms with E-state index in [1.54, 1.807) is 29.8 Å². The molecule has 2 aromatic rings. The molecular formula is C26H32ClN7O4S. The normalized spacial score (nSPS) is 15.9. The average molecular weight is 574 g/mol. The van der Waals surface area contributed by atoms with Crippen LogP contribution in [0.15, 0.2) is 18.3 Å². The predicted octanol–water partition coefficient (Wildman–Crippen LogP) is 3.48. The summed E-state index contributed by atoms with van der Waals surface area (Å²) in [6.07, 6.45) is 6.59. The molecule has 0 bridgehead atoms. The Balaban J connectivity index is 0.00000420. The number of urea groups is 1. The van der Waals surface area contributed by atoms with Crippen molar-refractivity contribution in [3.8, 4) is 6.07 Å². The minimum Gasteiger partial charge on any atom is -0.383 e. The van der Waals surface area contributed by atoms with Gasteiger partial charge in [-0.25, -0.2) is 14.8 Å². The third-order valence-corrected chi connectivity index (χ3v) is 7.11. The Morgan fingerprint density at radius 1 is 1.36 bits per heavy atom. The maximum atomic E-state index is 13.2. The average Bonchev–Trinajstić information content (AvgIpc) is 3.47. The van der Waals surface area contributed by atoms with Crippen LogP contribution in [0, 0.1) is 11.3 Å². The monoisotopic (exact) mass is 573 g/mol. The molecule has 1 unspecified atom stereocenters. The van der Waals surface area contributed by atoms with Crippen LogP contribution in [-0.4, -0.2) is 77.9 Å². The summed E-state index contributed by atoms with van der Waals surface area (Å²) in [5.74, 6) is 1.47. The number of likely N-dealkylation sites (N-methyl/N-ethyl adjacent to an activating group) is 1. The highest BCUT2D eigenvalue weighted by molar-refractivity contribution is 7.98. The largest absolute Gasteiger partial charge is 0.383 e. The van der Waals surface area contributed by atoms with Crippen LogP contribution in [0.25, 0.3) is 0 Å². The van der Waals surface area contributed by atoms with Crippen LogP contribution in [0.5, 0.6) is 0 Å². The quantitative estimate of drug-likeness (QED) is 0.340. The number of hydrogen-bond donors (Lipinski definition) is 2. The van der Waals surface area contributed by atoms with Crippen molar-refractivity contribution in [2.75, 3.05) is 54.3 Å². The fourth-order valence-electron chi connectivity index (χ4n) is 4.56. The summed E-state index contributed by atoms with van der Waals surface area (Å²) in [5.41, 5.74) is 2.63. The van der Waals surface area contributed by atoms with Crippen molar-refractivity contribution in [2.45, 2.75) is 38.3 Å². The Kier molecular flexibility index (Phi) is 10.9. The minimum atomic E-state index is -0.443. The first kappa shape index (κ1) is 30.1. The van der Waals surface area contributed by atoms with Gasteiger partial charge in [0.1, 0.15) is 29.5 Å². The van der Waals surface area contributed by atoms with Crippen LogP contribution < -0.4 is 15.5 Å². The predicted molar refractivity (Wildman–Crippen MR) is 153 cm³/mol. The number of fused-ring (bicyclic) bond motifs is 1. The van der Waals surface area contributed by atoms with Crippen molar-refractivity contribution in [1.29, 1.82) is 5.26 Å². The van der Waals surface area contributed by atoms with Crippen molar-refractivity contribution in [2.24, 2.45) is 0 Å². The fourth-order valence-corrected chi connectivity index (χ4v) is 4.87. The lowest BCUT2D eigenvalue weighted by Crippen LogP contribution is -2.40. The molecule has 13 heteroatoms. The Morgan fingerprint density at radius 3 is 2.87 bits per heavy atom. The number of thioether (sulfide) groups is 1. The number of rotatable bonds is 9. The molecule has 2 aliphatic rings. The molecule has 39 heavy (non-hydrogen) atoms. The molecule has 2 aromatic heterocycles. The molecule has 3 amide bonds. The van der Waals surface area contributed by atoms with E-state index in [-0.39, 0.29) is 30.6 Å². The number of nitriles is 1. The first-order valence-corrected chi connectivity index (χ1v) is 13.9. The number of nitrogens with zero attached hydrogens (tertiary/aromatic N) is 5. The molecule has 4 rings (SSSR count). The van der Waals surface area contributed by atoms with E-state index in [2.05, 4.69) is 26.7 Å². The third-order valence-electron chi connectivity index (χ3n) is 6.50. The second kappa shape index (κ2) is 14.1. The molecule has 0 aromatic carbocycles. The van der Waals surface area contributed by atoms with Crippen LogP contribution >= 0.6 is 24.2 Å². The first-order chi connectivity index (χ1) is 18.4. The molecule has 208 valence electrons. The molecule has 0 spiro atoms. The summed E-state index contributed by atoms with van der Waals surface area (Å²) in [5, 5.41) is 15.4. The molecule has 2 aliphatic heterocycles. The van der Waals surface area contributed by atoms with Crippen LogP contribution in [0.3, 0.4) is 0 Å². The van der Waals surface area contributed by atoms with Gasteiger partial charge in [0, 0.05) is 56.9 Å². The summed E-state index contributed by atoms with van der Waals surface area (Å²) in [7, 11) is 1.69. The number of carbonyl (C=O) groups excluding carboxylic acids is 3. The van der Waals surface area contributed by atoms with Crippen molar-refractivity contribution >= 4 is 59.7 Å². The number of aldehydes is 1. The number of halogens is 1.